The van der Waals surface area contributed by atoms with Gasteiger partial charge in [0.2, 0.25) is 0 Å². The predicted molar refractivity (Wildman–Crippen MR) is 115 cm³/mol. The molecule has 2 aliphatic rings. The number of pyridine rings is 1. The zero-order chi connectivity index (χ0) is 18.9. The third-order valence-electron chi connectivity index (χ3n) is 6.41. The van der Waals surface area contributed by atoms with E-state index in [1.807, 2.05) is 0 Å². The second-order valence-electron chi connectivity index (χ2n) is 8.82. The van der Waals surface area contributed by atoms with E-state index >= 15 is 0 Å². The van der Waals surface area contributed by atoms with Crippen LogP contribution in [0.15, 0.2) is 36.4 Å². The smallest absolute Gasteiger partial charge is 0.129 e. The Labute approximate surface area is 164 Å². The number of hydrogen-bond donors (Lipinski definition) is 0. The molecule has 1 saturated heterocycles. The van der Waals surface area contributed by atoms with Gasteiger partial charge in [-0.3, -0.25) is 4.90 Å². The molecule has 2 aromatic rings. The van der Waals surface area contributed by atoms with E-state index in [0.29, 0.717) is 0 Å². The molecule has 3 heteroatoms. The summed E-state index contributed by atoms with van der Waals surface area (Å²) in [7, 11) is 0. The van der Waals surface area contributed by atoms with Crippen molar-refractivity contribution in [1.29, 1.82) is 0 Å². The van der Waals surface area contributed by atoms with Gasteiger partial charge in [-0.15, -0.1) is 0 Å². The Morgan fingerprint density at radius 1 is 1.04 bits per heavy atom. The molecule has 1 aromatic heterocycles. The van der Waals surface area contributed by atoms with Crippen LogP contribution in [-0.4, -0.2) is 42.6 Å². The molecule has 2 heterocycles. The lowest BCUT2D eigenvalue weighted by atomic mass is 9.85. The van der Waals surface area contributed by atoms with Crippen LogP contribution in [0.2, 0.25) is 0 Å². The molecule has 0 unspecified atom stereocenters. The summed E-state index contributed by atoms with van der Waals surface area (Å²) < 4.78 is 0. The van der Waals surface area contributed by atoms with Crippen molar-refractivity contribution < 1.29 is 0 Å². The number of aryl methyl sites for hydroxylation is 1. The first kappa shape index (κ1) is 18.5. The summed E-state index contributed by atoms with van der Waals surface area (Å²) in [6.07, 6.45) is 5.05. The Hall–Kier alpha value is -1.87. The van der Waals surface area contributed by atoms with E-state index in [-0.39, 0.29) is 5.41 Å². The average Bonchev–Trinajstić information content (AvgIpc) is 3.01. The van der Waals surface area contributed by atoms with E-state index in [4.69, 9.17) is 4.98 Å². The largest absolute Gasteiger partial charge is 0.354 e. The monoisotopic (exact) mass is 363 g/mol. The Bertz CT molecular complexity index is 788. The normalized spacial score (nSPS) is 19.3. The summed E-state index contributed by atoms with van der Waals surface area (Å²) >= 11 is 0. The molecule has 1 fully saturated rings. The fourth-order valence-corrected chi connectivity index (χ4v) is 4.51. The number of unbranched alkanes of at least 4 members (excludes halogenated alkanes) is 1. The average molecular weight is 364 g/mol. The highest BCUT2D eigenvalue weighted by molar-refractivity contribution is 5.64. The number of rotatable bonds is 5. The third kappa shape index (κ3) is 3.89. The van der Waals surface area contributed by atoms with E-state index in [0.717, 1.165) is 37.7 Å². The molecule has 0 atom stereocenters. The molecule has 144 valence electrons. The van der Waals surface area contributed by atoms with Crippen molar-refractivity contribution in [3.05, 3.63) is 47.5 Å². The molecule has 0 amide bonds. The van der Waals surface area contributed by atoms with E-state index in [9.17, 15) is 0 Å². The van der Waals surface area contributed by atoms with Gasteiger partial charge in [0.15, 0.2) is 0 Å². The van der Waals surface area contributed by atoms with E-state index in [1.54, 1.807) is 0 Å². The minimum absolute atomic E-state index is 0.289. The molecule has 1 aliphatic carbocycles. The minimum Gasteiger partial charge on any atom is -0.354 e. The first-order valence-corrected chi connectivity index (χ1v) is 10.6. The Balaban J connectivity index is 1.51. The highest BCUT2D eigenvalue weighted by Crippen LogP contribution is 2.40. The van der Waals surface area contributed by atoms with Crippen LogP contribution in [0.25, 0.3) is 11.3 Å². The van der Waals surface area contributed by atoms with Crippen LogP contribution in [0.5, 0.6) is 0 Å². The van der Waals surface area contributed by atoms with Gasteiger partial charge in [-0.1, -0.05) is 45.4 Å². The van der Waals surface area contributed by atoms with Crippen molar-refractivity contribution in [2.45, 2.75) is 51.9 Å². The van der Waals surface area contributed by atoms with Crippen LogP contribution in [0, 0.1) is 0 Å². The highest BCUT2D eigenvalue weighted by Gasteiger charge is 2.29. The molecular weight excluding hydrogens is 330 g/mol. The summed E-state index contributed by atoms with van der Waals surface area (Å²) in [4.78, 5) is 10.1. The third-order valence-corrected chi connectivity index (χ3v) is 6.41. The van der Waals surface area contributed by atoms with Crippen molar-refractivity contribution >= 4 is 5.82 Å². The molecule has 1 aliphatic heterocycles. The maximum absolute atomic E-state index is 5.03. The van der Waals surface area contributed by atoms with Gasteiger partial charge in [0.05, 0.1) is 5.69 Å². The zero-order valence-electron chi connectivity index (χ0n) is 17.2. The van der Waals surface area contributed by atoms with Crippen LogP contribution >= 0.6 is 0 Å². The number of aromatic nitrogens is 1. The Kier molecular flexibility index (Phi) is 5.23. The lowest BCUT2D eigenvalue weighted by Gasteiger charge is -2.35. The van der Waals surface area contributed by atoms with E-state index in [2.05, 4.69) is 67.0 Å². The second kappa shape index (κ2) is 7.63. The molecule has 0 saturated carbocycles. The van der Waals surface area contributed by atoms with Crippen LogP contribution < -0.4 is 4.90 Å². The summed E-state index contributed by atoms with van der Waals surface area (Å²) in [5, 5.41) is 0. The zero-order valence-corrected chi connectivity index (χ0v) is 17.2. The molecule has 0 spiro atoms. The number of anilines is 1. The molecule has 0 radical (unpaired) electrons. The lowest BCUT2D eigenvalue weighted by molar-refractivity contribution is 0.253. The van der Waals surface area contributed by atoms with Crippen molar-refractivity contribution in [3.63, 3.8) is 0 Å². The summed E-state index contributed by atoms with van der Waals surface area (Å²) in [5.74, 6) is 1.13. The topological polar surface area (TPSA) is 19.4 Å². The predicted octanol–water partition coefficient (Wildman–Crippen LogP) is 4.89. The van der Waals surface area contributed by atoms with E-state index in [1.165, 1.54) is 48.9 Å². The number of benzene rings is 1. The van der Waals surface area contributed by atoms with Crippen LogP contribution in [0.3, 0.4) is 0 Å². The number of nitrogens with zero attached hydrogens (tertiary/aromatic N) is 3. The van der Waals surface area contributed by atoms with Crippen LogP contribution in [0.4, 0.5) is 5.82 Å². The number of hydrogen-bond acceptors (Lipinski definition) is 3. The van der Waals surface area contributed by atoms with Gasteiger partial charge in [-0.25, -0.2) is 4.98 Å². The first-order chi connectivity index (χ1) is 13.1. The molecule has 27 heavy (non-hydrogen) atoms. The fraction of sp³-hybridized carbons (Fsp3) is 0.542. The summed E-state index contributed by atoms with van der Waals surface area (Å²) in [6, 6.07) is 13.5. The highest BCUT2D eigenvalue weighted by atomic mass is 15.3. The summed E-state index contributed by atoms with van der Waals surface area (Å²) in [6.45, 7) is 12.7. The van der Waals surface area contributed by atoms with Gasteiger partial charge in [0.25, 0.3) is 0 Å². The van der Waals surface area contributed by atoms with Gasteiger partial charge in [-0.05, 0) is 60.5 Å². The molecule has 0 bridgehead atoms. The Morgan fingerprint density at radius 3 is 2.63 bits per heavy atom. The van der Waals surface area contributed by atoms with Gasteiger partial charge in [0.1, 0.15) is 5.82 Å². The summed E-state index contributed by atoms with van der Waals surface area (Å²) in [5.41, 5.74) is 5.68. The second-order valence-corrected chi connectivity index (χ2v) is 8.82. The number of piperazine rings is 1. The molecular formula is C24H33N3. The maximum atomic E-state index is 5.03. The maximum Gasteiger partial charge on any atom is 0.129 e. The first-order valence-electron chi connectivity index (χ1n) is 10.6. The standard InChI is InChI=1S/C24H33N3/c1-4-5-13-26-14-16-27(17-15-26)23-8-6-7-22(25-23)20-10-9-19-11-12-24(2,3)21(19)18-20/h6-10,18H,4-5,11-17H2,1-3H3. The SMILES string of the molecule is CCCCN1CCN(c2cccc(-c3ccc4c(c3)C(C)(C)CC4)n2)CC1. The van der Waals surface area contributed by atoms with Crippen LogP contribution in [0.1, 0.15) is 51.2 Å². The molecule has 3 nitrogen and oxygen atoms in total. The molecule has 1 aromatic carbocycles. The van der Waals surface area contributed by atoms with E-state index < -0.39 is 0 Å². The van der Waals surface area contributed by atoms with Crippen molar-refractivity contribution in [1.82, 2.24) is 9.88 Å². The van der Waals surface area contributed by atoms with Gasteiger partial charge < -0.3 is 4.90 Å². The molecule has 4 rings (SSSR count). The Morgan fingerprint density at radius 2 is 1.85 bits per heavy atom. The quantitative estimate of drug-likeness (QED) is 0.753. The minimum atomic E-state index is 0.289. The fourth-order valence-electron chi connectivity index (χ4n) is 4.51. The lowest BCUT2D eigenvalue weighted by Crippen LogP contribution is -2.46. The van der Waals surface area contributed by atoms with Gasteiger partial charge in [0, 0.05) is 31.7 Å². The number of fused-ring (bicyclic) bond motifs is 1. The van der Waals surface area contributed by atoms with Gasteiger partial charge >= 0.3 is 0 Å². The van der Waals surface area contributed by atoms with Crippen LogP contribution in [-0.2, 0) is 11.8 Å². The van der Waals surface area contributed by atoms with Gasteiger partial charge in [-0.2, -0.15) is 0 Å². The van der Waals surface area contributed by atoms with Crippen molar-refractivity contribution in [2.75, 3.05) is 37.6 Å². The van der Waals surface area contributed by atoms with Crippen molar-refractivity contribution in [3.8, 4) is 11.3 Å². The molecule has 0 N–H and O–H groups in total. The van der Waals surface area contributed by atoms with Crippen molar-refractivity contribution in [2.24, 2.45) is 0 Å².